The Kier molecular flexibility index (Phi) is 13.9. The van der Waals surface area contributed by atoms with Crippen LogP contribution in [0.15, 0.2) is 77.2 Å². The van der Waals surface area contributed by atoms with Gasteiger partial charge in [-0.15, -0.1) is 32.9 Å². The minimum absolute atomic E-state index is 0.0447. The number of benzene rings is 3. The smallest absolute Gasteiger partial charge is 0.308 e. The highest BCUT2D eigenvalue weighted by molar-refractivity contribution is 7.15. The van der Waals surface area contributed by atoms with Gasteiger partial charge in [-0.05, 0) is 86.9 Å². The van der Waals surface area contributed by atoms with Gasteiger partial charge in [-0.3, -0.25) is 28.7 Å². The number of aryl methyl sites for hydroxylation is 3. The van der Waals surface area contributed by atoms with Gasteiger partial charge in [0.05, 0.1) is 45.4 Å². The van der Waals surface area contributed by atoms with Crippen LogP contribution in [0.1, 0.15) is 103 Å². The van der Waals surface area contributed by atoms with Crippen molar-refractivity contribution in [2.24, 2.45) is 16.3 Å². The Morgan fingerprint density at radius 2 is 1.60 bits per heavy atom. The first-order chi connectivity index (χ1) is 33.2. The molecule has 18 heteroatoms. The van der Waals surface area contributed by atoms with Crippen LogP contribution in [-0.4, -0.2) is 95.6 Å². The van der Waals surface area contributed by atoms with Gasteiger partial charge in [-0.2, -0.15) is 5.26 Å². The molecule has 3 amide bonds. The number of likely N-dealkylation sites (tertiary alicyclic amines) is 1. The molecule has 0 saturated carbocycles. The SMILES string of the molecule is Cc1ncsc1-c1ccc([C@H](C)NC(=O)[C@@H]2C[C@@H](O)CN2C(=O)[C@@H](NC(=O)COc2ccc(-c3ccc(C4=N[C@@H](C(C)C(=O)O)c5nnc(C)n5-c5sc(C)c(C)c54)cc3)cc2C#N)C(C)(C)C)cc1. The number of nitrogens with zero attached hydrogens (tertiary/aromatic N) is 7. The van der Waals surface area contributed by atoms with Gasteiger partial charge in [0.25, 0.3) is 5.91 Å². The number of carbonyl (C=O) groups is 4. The molecule has 3 aromatic carbocycles. The number of nitriles is 1. The summed E-state index contributed by atoms with van der Waals surface area (Å²) in [4.78, 5) is 66.8. The number of aliphatic hydroxyl groups excluding tert-OH is 1. The highest BCUT2D eigenvalue weighted by Gasteiger charge is 2.45. The fourth-order valence-corrected chi connectivity index (χ4v) is 10.9. The molecule has 6 atom stereocenters. The lowest BCUT2D eigenvalue weighted by atomic mass is 9.85. The summed E-state index contributed by atoms with van der Waals surface area (Å²) in [5.41, 5.74) is 8.88. The van der Waals surface area contributed by atoms with E-state index in [2.05, 4.69) is 31.9 Å². The van der Waals surface area contributed by atoms with Crippen molar-refractivity contribution in [1.29, 1.82) is 5.26 Å². The maximum atomic E-state index is 14.3. The summed E-state index contributed by atoms with van der Waals surface area (Å²) in [6.45, 7) is 16.2. The molecular formula is C52H55N9O7S2. The summed E-state index contributed by atoms with van der Waals surface area (Å²) in [7, 11) is 0. The lowest BCUT2D eigenvalue weighted by Crippen LogP contribution is -2.58. The molecule has 0 spiro atoms. The van der Waals surface area contributed by atoms with Crippen LogP contribution >= 0.6 is 22.7 Å². The molecule has 0 aliphatic carbocycles. The van der Waals surface area contributed by atoms with Crippen molar-refractivity contribution in [3.63, 3.8) is 0 Å². The molecule has 1 fully saturated rings. The second-order valence-corrected chi connectivity index (χ2v) is 21.1. The van der Waals surface area contributed by atoms with E-state index in [1.165, 1.54) is 4.90 Å². The van der Waals surface area contributed by atoms with Gasteiger partial charge in [0.15, 0.2) is 12.4 Å². The molecule has 2 aliphatic rings. The second-order valence-electron chi connectivity index (χ2n) is 19.0. The Morgan fingerprint density at radius 1 is 0.929 bits per heavy atom. The molecule has 3 aromatic heterocycles. The topological polar surface area (TPSA) is 225 Å². The van der Waals surface area contributed by atoms with Gasteiger partial charge in [0.1, 0.15) is 40.8 Å². The monoisotopic (exact) mass is 981 g/mol. The fraction of sp³-hybridized carbons (Fsp3) is 0.365. The first kappa shape index (κ1) is 49.4. The number of fused-ring (bicyclic) bond motifs is 3. The average Bonchev–Trinajstić information content (AvgIpc) is 4.10. The van der Waals surface area contributed by atoms with Gasteiger partial charge in [0, 0.05) is 29.0 Å². The fourth-order valence-electron chi connectivity index (χ4n) is 8.92. The number of hydrogen-bond acceptors (Lipinski definition) is 13. The minimum atomic E-state index is -1.08. The summed E-state index contributed by atoms with van der Waals surface area (Å²) in [6, 6.07) is 19.5. The standard InChI is InChI=1S/C52H55N9O7S2/c1-26-30(5)70-50-42(26)44(57-43(27(2)51(66)67)47-59-58-31(6)61(47)50)34-14-12-33(13-15-34)36-18-19-40(37(20-36)22-53)68-24-41(63)56-46(52(7,8)9)49(65)60-23-38(62)21-39(60)48(64)55-28(3)32-10-16-35(17-11-32)45-29(4)54-25-69-45/h10-20,25,27-28,38-39,43,46,62H,21,23-24H2,1-9H3,(H,55,64)(H,56,63)(H,66,67)/t27?,28-,38+,39-,43-,46+/m0/s1. The Bertz CT molecular complexity index is 3070. The third-order valence-electron chi connectivity index (χ3n) is 13.1. The zero-order chi connectivity index (χ0) is 50.3. The number of aromatic nitrogens is 4. The molecule has 0 radical (unpaired) electrons. The summed E-state index contributed by atoms with van der Waals surface area (Å²) >= 11 is 3.14. The maximum Gasteiger partial charge on any atom is 0.308 e. The predicted molar refractivity (Wildman–Crippen MR) is 267 cm³/mol. The number of carboxylic acid groups (broad SMARTS) is 1. The van der Waals surface area contributed by atoms with Gasteiger partial charge < -0.3 is 30.5 Å². The Hall–Kier alpha value is -7.07. The molecule has 1 unspecified atom stereocenters. The summed E-state index contributed by atoms with van der Waals surface area (Å²) < 4.78 is 7.81. The van der Waals surface area contributed by atoms with E-state index in [1.54, 1.807) is 74.1 Å². The van der Waals surface area contributed by atoms with E-state index in [0.717, 1.165) is 53.8 Å². The van der Waals surface area contributed by atoms with Crippen LogP contribution in [0.2, 0.25) is 0 Å². The number of thiazole rings is 1. The van der Waals surface area contributed by atoms with Crippen LogP contribution in [0.3, 0.4) is 0 Å². The first-order valence-corrected chi connectivity index (χ1v) is 24.6. The van der Waals surface area contributed by atoms with Gasteiger partial charge in [-0.25, -0.2) is 4.98 Å². The number of aliphatic carboxylic acids is 1. The minimum Gasteiger partial charge on any atom is -0.482 e. The Balaban J connectivity index is 0.940. The zero-order valence-corrected chi connectivity index (χ0v) is 42.0. The first-order valence-electron chi connectivity index (χ1n) is 22.9. The average molecular weight is 982 g/mol. The molecule has 5 heterocycles. The molecule has 70 heavy (non-hydrogen) atoms. The van der Waals surface area contributed by atoms with E-state index < -0.39 is 65.9 Å². The predicted octanol–water partition coefficient (Wildman–Crippen LogP) is 7.59. The largest absolute Gasteiger partial charge is 0.482 e. The van der Waals surface area contributed by atoms with Crippen molar-refractivity contribution in [1.82, 2.24) is 35.3 Å². The number of ether oxygens (including phenoxy) is 1. The second kappa shape index (κ2) is 19.7. The van der Waals surface area contributed by atoms with E-state index in [9.17, 15) is 34.7 Å². The number of rotatable bonds is 13. The number of carboxylic acids is 1. The van der Waals surface area contributed by atoms with Gasteiger partial charge in [-0.1, -0.05) is 75.4 Å². The third kappa shape index (κ3) is 9.74. The molecule has 362 valence electrons. The molecule has 0 bridgehead atoms. The van der Waals surface area contributed by atoms with E-state index >= 15 is 0 Å². The normalized spacial score (nSPS) is 17.8. The van der Waals surface area contributed by atoms with Crippen LogP contribution in [0.25, 0.3) is 26.6 Å². The Morgan fingerprint density at radius 3 is 2.24 bits per heavy atom. The van der Waals surface area contributed by atoms with Crippen molar-refractivity contribution in [3.05, 3.63) is 122 Å². The maximum absolute atomic E-state index is 14.3. The Labute approximate surface area is 414 Å². The van der Waals surface area contributed by atoms with E-state index in [0.29, 0.717) is 22.9 Å². The molecule has 16 nitrogen and oxygen atoms in total. The van der Waals surface area contributed by atoms with Crippen molar-refractivity contribution in [2.45, 2.75) is 99.0 Å². The number of β-amino-alcohol motifs (C(OH)–C–C–N with tert-alkyl or cyclic N) is 1. The van der Waals surface area contributed by atoms with Gasteiger partial charge in [0.2, 0.25) is 11.8 Å². The highest BCUT2D eigenvalue weighted by atomic mass is 32.1. The van der Waals surface area contributed by atoms with Crippen molar-refractivity contribution in [3.8, 4) is 38.4 Å². The van der Waals surface area contributed by atoms with Crippen LogP contribution < -0.4 is 15.4 Å². The molecule has 8 rings (SSSR count). The number of hydrogen-bond donors (Lipinski definition) is 4. The van der Waals surface area contributed by atoms with E-state index in [-0.39, 0.29) is 30.3 Å². The molecule has 1 saturated heterocycles. The summed E-state index contributed by atoms with van der Waals surface area (Å²) in [6.07, 6.45) is -0.889. The van der Waals surface area contributed by atoms with Crippen LogP contribution in [-0.2, 0) is 19.2 Å². The number of aliphatic imine (C=N–C) groups is 1. The quantitative estimate of drug-likeness (QED) is 0.0882. The number of nitrogens with one attached hydrogen (secondary N) is 2. The number of aliphatic hydroxyl groups is 1. The van der Waals surface area contributed by atoms with Gasteiger partial charge >= 0.3 is 5.97 Å². The molecule has 4 N–H and O–H groups in total. The van der Waals surface area contributed by atoms with Crippen LogP contribution in [0.4, 0.5) is 0 Å². The molecular weight excluding hydrogens is 927 g/mol. The van der Waals surface area contributed by atoms with Crippen LogP contribution in [0, 0.1) is 50.4 Å². The number of carbonyl (C=O) groups excluding carboxylic acids is 3. The zero-order valence-electron chi connectivity index (χ0n) is 40.4. The van der Waals surface area contributed by atoms with E-state index in [4.69, 9.17) is 9.73 Å². The number of thiophene rings is 1. The van der Waals surface area contributed by atoms with Crippen molar-refractivity contribution < 1.29 is 34.1 Å². The third-order valence-corrected chi connectivity index (χ3v) is 15.2. The molecule has 2 aliphatic heterocycles. The summed E-state index contributed by atoms with van der Waals surface area (Å²) in [5, 5.41) is 46.4. The van der Waals surface area contributed by atoms with E-state index in [1.807, 2.05) is 87.7 Å². The van der Waals surface area contributed by atoms with Crippen molar-refractivity contribution >= 4 is 52.1 Å². The van der Waals surface area contributed by atoms with Crippen molar-refractivity contribution in [2.75, 3.05) is 13.2 Å². The lowest BCUT2D eigenvalue weighted by Gasteiger charge is -2.35. The summed E-state index contributed by atoms with van der Waals surface area (Å²) in [5.74, 6) is -2.14. The molecule has 6 aromatic rings. The van der Waals surface area contributed by atoms with Crippen LogP contribution in [0.5, 0.6) is 5.75 Å². The number of amides is 3. The lowest BCUT2D eigenvalue weighted by molar-refractivity contribution is -0.144. The highest BCUT2D eigenvalue weighted by Crippen LogP contribution is 2.41.